The molecule has 1 rings (SSSR count). The Morgan fingerprint density at radius 2 is 2.19 bits per heavy atom. The minimum atomic E-state index is -0.0901. The van der Waals surface area contributed by atoms with E-state index in [1.807, 2.05) is 0 Å². The molecule has 3 atom stereocenters. The molecule has 0 radical (unpaired) electrons. The maximum absolute atomic E-state index is 9.01. The minimum Gasteiger partial charge on any atom is -0.379 e. The molecule has 0 amide bonds. The van der Waals surface area contributed by atoms with E-state index < -0.39 is 0 Å². The summed E-state index contributed by atoms with van der Waals surface area (Å²) in [5.41, 5.74) is -0.0901. The van der Waals surface area contributed by atoms with Crippen molar-refractivity contribution in [3.8, 4) is 6.07 Å². The second-order valence-electron chi connectivity index (χ2n) is 5.51. The molecule has 0 bridgehead atoms. The molecule has 1 saturated carbocycles. The lowest BCUT2D eigenvalue weighted by Gasteiger charge is -2.29. The molecule has 1 N–H and O–H groups in total. The first kappa shape index (κ1) is 13.5. The molecular weight excluding hydrogens is 200 g/mol. The van der Waals surface area contributed by atoms with Crippen LogP contribution in [0, 0.1) is 17.2 Å². The Bertz CT molecular complexity index is 257. The van der Waals surface area contributed by atoms with Crippen LogP contribution in [0.3, 0.4) is 0 Å². The molecule has 3 nitrogen and oxygen atoms in total. The van der Waals surface area contributed by atoms with Crippen molar-refractivity contribution in [1.29, 1.82) is 5.26 Å². The van der Waals surface area contributed by atoms with Crippen LogP contribution in [0.25, 0.3) is 0 Å². The summed E-state index contributed by atoms with van der Waals surface area (Å²) >= 11 is 0. The Hall–Kier alpha value is -0.590. The number of nitriles is 1. The smallest absolute Gasteiger partial charge is 0.0672 e. The Labute approximate surface area is 99.2 Å². The molecule has 0 spiro atoms. The summed E-state index contributed by atoms with van der Waals surface area (Å²) < 4.78 is 5.42. The van der Waals surface area contributed by atoms with Crippen LogP contribution in [0.5, 0.6) is 0 Å². The zero-order valence-corrected chi connectivity index (χ0v) is 10.9. The minimum absolute atomic E-state index is 0.0901. The molecule has 1 aliphatic carbocycles. The molecule has 0 aromatic rings. The SMILES string of the molecule is COC(C)(C)CC(C)NC1CCCC1C#N. The van der Waals surface area contributed by atoms with Crippen LogP contribution < -0.4 is 5.32 Å². The summed E-state index contributed by atoms with van der Waals surface area (Å²) in [4.78, 5) is 0. The third-order valence-corrected chi connectivity index (χ3v) is 3.53. The van der Waals surface area contributed by atoms with Crippen molar-refractivity contribution in [2.45, 2.75) is 64.1 Å². The van der Waals surface area contributed by atoms with E-state index in [0.717, 1.165) is 19.3 Å². The Morgan fingerprint density at radius 1 is 1.50 bits per heavy atom. The number of methoxy groups -OCH3 is 1. The molecule has 0 saturated heterocycles. The fourth-order valence-corrected chi connectivity index (χ4v) is 2.56. The highest BCUT2D eigenvalue weighted by molar-refractivity contribution is 4.97. The first-order valence-corrected chi connectivity index (χ1v) is 6.19. The molecule has 3 unspecified atom stereocenters. The number of hydrogen-bond donors (Lipinski definition) is 1. The van der Waals surface area contributed by atoms with Crippen molar-refractivity contribution in [1.82, 2.24) is 5.32 Å². The van der Waals surface area contributed by atoms with Crippen LogP contribution in [-0.2, 0) is 4.74 Å². The molecular formula is C13H24N2O. The van der Waals surface area contributed by atoms with Gasteiger partial charge in [-0.3, -0.25) is 0 Å². The van der Waals surface area contributed by atoms with Gasteiger partial charge in [0.05, 0.1) is 17.6 Å². The molecule has 1 aliphatic rings. The van der Waals surface area contributed by atoms with Crippen molar-refractivity contribution >= 4 is 0 Å². The highest BCUT2D eigenvalue weighted by atomic mass is 16.5. The van der Waals surface area contributed by atoms with E-state index in [-0.39, 0.29) is 11.5 Å². The molecule has 3 heteroatoms. The molecule has 0 aromatic carbocycles. The van der Waals surface area contributed by atoms with E-state index in [9.17, 15) is 0 Å². The summed E-state index contributed by atoms with van der Waals surface area (Å²) in [6.45, 7) is 6.37. The fourth-order valence-electron chi connectivity index (χ4n) is 2.56. The average molecular weight is 224 g/mol. The van der Waals surface area contributed by atoms with Crippen molar-refractivity contribution in [2.75, 3.05) is 7.11 Å². The number of ether oxygens (including phenoxy) is 1. The summed E-state index contributed by atoms with van der Waals surface area (Å²) in [7, 11) is 1.75. The van der Waals surface area contributed by atoms with Gasteiger partial charge >= 0.3 is 0 Å². The van der Waals surface area contributed by atoms with Gasteiger partial charge in [-0.25, -0.2) is 0 Å². The fraction of sp³-hybridized carbons (Fsp3) is 0.923. The third-order valence-electron chi connectivity index (χ3n) is 3.53. The predicted octanol–water partition coefficient (Wildman–Crippen LogP) is 2.47. The lowest BCUT2D eigenvalue weighted by atomic mass is 9.97. The number of nitrogens with zero attached hydrogens (tertiary/aromatic N) is 1. The normalized spacial score (nSPS) is 27.7. The van der Waals surface area contributed by atoms with Gasteiger partial charge in [0, 0.05) is 19.2 Å². The maximum atomic E-state index is 9.01. The van der Waals surface area contributed by atoms with E-state index in [4.69, 9.17) is 10.00 Å². The average Bonchev–Trinajstić information content (AvgIpc) is 2.64. The quantitative estimate of drug-likeness (QED) is 0.780. The monoisotopic (exact) mass is 224 g/mol. The van der Waals surface area contributed by atoms with Crippen LogP contribution in [0.1, 0.15) is 46.5 Å². The highest BCUT2D eigenvalue weighted by Gasteiger charge is 2.29. The van der Waals surface area contributed by atoms with Gasteiger partial charge in [0.2, 0.25) is 0 Å². The third kappa shape index (κ3) is 3.77. The summed E-state index contributed by atoms with van der Waals surface area (Å²) in [5.74, 6) is 0.202. The van der Waals surface area contributed by atoms with E-state index in [2.05, 4.69) is 32.2 Å². The summed E-state index contributed by atoms with van der Waals surface area (Å²) in [6, 6.07) is 3.18. The molecule has 92 valence electrons. The summed E-state index contributed by atoms with van der Waals surface area (Å²) in [6.07, 6.45) is 4.33. The number of rotatable bonds is 5. The Kier molecular flexibility index (Phi) is 4.76. The second-order valence-corrected chi connectivity index (χ2v) is 5.51. The standard InChI is InChI=1S/C13H24N2O/c1-10(8-13(2,3)16-4)15-12-7-5-6-11(12)9-14/h10-12,15H,5-8H2,1-4H3. The molecule has 0 aromatic heterocycles. The zero-order chi connectivity index (χ0) is 12.2. The first-order chi connectivity index (χ1) is 7.48. The first-order valence-electron chi connectivity index (χ1n) is 6.19. The number of nitrogens with one attached hydrogen (secondary N) is 1. The second kappa shape index (κ2) is 5.65. The van der Waals surface area contributed by atoms with Gasteiger partial charge in [0.25, 0.3) is 0 Å². The van der Waals surface area contributed by atoms with Crippen molar-refractivity contribution in [2.24, 2.45) is 5.92 Å². The van der Waals surface area contributed by atoms with Gasteiger partial charge in [-0.15, -0.1) is 0 Å². The van der Waals surface area contributed by atoms with E-state index in [1.165, 1.54) is 6.42 Å². The van der Waals surface area contributed by atoms with Crippen LogP contribution in [-0.4, -0.2) is 24.8 Å². The maximum Gasteiger partial charge on any atom is 0.0672 e. The zero-order valence-electron chi connectivity index (χ0n) is 10.9. The Morgan fingerprint density at radius 3 is 2.75 bits per heavy atom. The van der Waals surface area contributed by atoms with Gasteiger partial charge in [-0.2, -0.15) is 5.26 Å². The van der Waals surface area contributed by atoms with E-state index in [1.54, 1.807) is 7.11 Å². The van der Waals surface area contributed by atoms with Crippen LogP contribution in [0.2, 0.25) is 0 Å². The van der Waals surface area contributed by atoms with Crippen LogP contribution in [0.4, 0.5) is 0 Å². The largest absolute Gasteiger partial charge is 0.379 e. The molecule has 16 heavy (non-hydrogen) atoms. The van der Waals surface area contributed by atoms with Crippen LogP contribution >= 0.6 is 0 Å². The topological polar surface area (TPSA) is 45.0 Å². The van der Waals surface area contributed by atoms with E-state index in [0.29, 0.717) is 12.1 Å². The number of hydrogen-bond acceptors (Lipinski definition) is 3. The molecule has 0 aliphatic heterocycles. The van der Waals surface area contributed by atoms with Crippen molar-refractivity contribution < 1.29 is 4.74 Å². The summed E-state index contributed by atoms with van der Waals surface area (Å²) in [5, 5.41) is 12.6. The van der Waals surface area contributed by atoms with Gasteiger partial charge in [0.1, 0.15) is 0 Å². The van der Waals surface area contributed by atoms with E-state index >= 15 is 0 Å². The lowest BCUT2D eigenvalue weighted by molar-refractivity contribution is 0.00750. The lowest BCUT2D eigenvalue weighted by Crippen LogP contribution is -2.42. The van der Waals surface area contributed by atoms with Gasteiger partial charge in [-0.05, 0) is 40.0 Å². The molecule has 0 heterocycles. The highest BCUT2D eigenvalue weighted by Crippen LogP contribution is 2.26. The van der Waals surface area contributed by atoms with Gasteiger partial charge < -0.3 is 10.1 Å². The Balaban J connectivity index is 2.40. The van der Waals surface area contributed by atoms with Crippen molar-refractivity contribution in [3.05, 3.63) is 0 Å². The van der Waals surface area contributed by atoms with Crippen LogP contribution in [0.15, 0.2) is 0 Å². The van der Waals surface area contributed by atoms with Crippen molar-refractivity contribution in [3.63, 3.8) is 0 Å². The molecule has 1 fully saturated rings. The van der Waals surface area contributed by atoms with Gasteiger partial charge in [-0.1, -0.05) is 6.42 Å². The predicted molar refractivity (Wildman–Crippen MR) is 65.0 cm³/mol. The van der Waals surface area contributed by atoms with Gasteiger partial charge in [0.15, 0.2) is 0 Å².